The van der Waals surface area contributed by atoms with E-state index in [1.54, 1.807) is 0 Å². The summed E-state index contributed by atoms with van der Waals surface area (Å²) in [6.45, 7) is 6.83. The first-order chi connectivity index (χ1) is 8.59. The van der Waals surface area contributed by atoms with E-state index >= 15 is 0 Å². The maximum absolute atomic E-state index is 10.4. The highest BCUT2D eigenvalue weighted by Gasteiger charge is 2.33. The quantitative estimate of drug-likeness (QED) is 0.776. The molecule has 1 saturated carbocycles. The molecule has 2 aliphatic rings. The fourth-order valence-electron chi connectivity index (χ4n) is 3.59. The summed E-state index contributed by atoms with van der Waals surface area (Å²) in [5.74, 6) is 0. The van der Waals surface area contributed by atoms with Crippen molar-refractivity contribution < 1.29 is 5.11 Å². The van der Waals surface area contributed by atoms with E-state index < -0.39 is 0 Å². The summed E-state index contributed by atoms with van der Waals surface area (Å²) in [5, 5.41) is 10.4. The second kappa shape index (κ2) is 6.36. The third kappa shape index (κ3) is 3.25. The van der Waals surface area contributed by atoms with Gasteiger partial charge in [-0.05, 0) is 33.7 Å². The van der Waals surface area contributed by atoms with Gasteiger partial charge in [0.05, 0.1) is 6.10 Å². The molecule has 0 radical (unpaired) electrons. The van der Waals surface area contributed by atoms with E-state index in [2.05, 4.69) is 30.7 Å². The molecule has 0 spiro atoms. The van der Waals surface area contributed by atoms with Crippen LogP contribution in [0.25, 0.3) is 0 Å². The van der Waals surface area contributed by atoms with Gasteiger partial charge in [0.15, 0.2) is 0 Å². The minimum atomic E-state index is -0.104. The second-order valence-electron chi connectivity index (χ2n) is 6.44. The average molecular weight is 254 g/mol. The molecule has 1 heterocycles. The van der Waals surface area contributed by atoms with Crippen LogP contribution in [0.5, 0.6) is 0 Å². The molecule has 0 amide bonds. The second-order valence-corrected chi connectivity index (χ2v) is 6.44. The lowest BCUT2D eigenvalue weighted by Crippen LogP contribution is -2.59. The summed E-state index contributed by atoms with van der Waals surface area (Å²) in [6, 6.07) is 1.61. The van der Waals surface area contributed by atoms with E-state index in [-0.39, 0.29) is 6.10 Å². The molecule has 0 bridgehead atoms. The number of hydrogen-bond acceptors (Lipinski definition) is 3. The van der Waals surface area contributed by atoms with Crippen LogP contribution >= 0.6 is 0 Å². The van der Waals surface area contributed by atoms with Crippen LogP contribution in [-0.4, -0.2) is 59.3 Å². The van der Waals surface area contributed by atoms with Gasteiger partial charge in [0.1, 0.15) is 0 Å². The average Bonchev–Trinajstić information content (AvgIpc) is 2.31. The zero-order chi connectivity index (χ0) is 13.1. The van der Waals surface area contributed by atoms with E-state index in [0.717, 1.165) is 19.5 Å². The summed E-state index contributed by atoms with van der Waals surface area (Å²) < 4.78 is 0. The summed E-state index contributed by atoms with van der Waals surface area (Å²) in [4.78, 5) is 5.02. The Labute approximate surface area is 112 Å². The number of aliphatic hydroxyl groups excluding tert-OH is 1. The molecule has 1 saturated heterocycles. The van der Waals surface area contributed by atoms with Crippen molar-refractivity contribution in [3.63, 3.8) is 0 Å². The molecule has 18 heavy (non-hydrogen) atoms. The maximum atomic E-state index is 10.4. The number of hydrogen-bond donors (Lipinski definition) is 1. The molecule has 0 aromatic rings. The zero-order valence-electron chi connectivity index (χ0n) is 12.3. The van der Waals surface area contributed by atoms with Crippen LogP contribution in [0.15, 0.2) is 0 Å². The summed E-state index contributed by atoms with van der Waals surface area (Å²) in [6.07, 6.45) is 7.23. The molecule has 2 fully saturated rings. The van der Waals surface area contributed by atoms with Gasteiger partial charge in [0.25, 0.3) is 0 Å². The van der Waals surface area contributed by atoms with Crippen LogP contribution in [0.1, 0.15) is 52.4 Å². The van der Waals surface area contributed by atoms with Gasteiger partial charge in [-0.3, -0.25) is 9.80 Å². The Morgan fingerprint density at radius 2 is 1.44 bits per heavy atom. The predicted molar refractivity (Wildman–Crippen MR) is 75.8 cm³/mol. The fourth-order valence-corrected chi connectivity index (χ4v) is 3.59. The molecule has 3 heteroatoms. The topological polar surface area (TPSA) is 26.7 Å². The van der Waals surface area contributed by atoms with Gasteiger partial charge < -0.3 is 5.11 Å². The van der Waals surface area contributed by atoms with Gasteiger partial charge in [-0.15, -0.1) is 0 Å². The number of aliphatic hydroxyl groups is 1. The van der Waals surface area contributed by atoms with Crippen molar-refractivity contribution in [1.29, 1.82) is 0 Å². The first kappa shape index (κ1) is 14.3. The van der Waals surface area contributed by atoms with E-state index in [1.165, 1.54) is 32.1 Å². The normalized spacial score (nSPS) is 41.3. The van der Waals surface area contributed by atoms with Gasteiger partial charge in [0.2, 0.25) is 0 Å². The molecular formula is C15H30N2O. The number of piperazine rings is 1. The fraction of sp³-hybridized carbons (Fsp3) is 1.00. The van der Waals surface area contributed by atoms with E-state index in [4.69, 9.17) is 0 Å². The highest BCUT2D eigenvalue weighted by molar-refractivity contribution is 4.89. The van der Waals surface area contributed by atoms with Gasteiger partial charge in [0, 0.05) is 31.2 Å². The Morgan fingerprint density at radius 1 is 0.889 bits per heavy atom. The summed E-state index contributed by atoms with van der Waals surface area (Å²) in [7, 11) is 2.22. The molecule has 1 N–H and O–H groups in total. The minimum absolute atomic E-state index is 0.104. The first-order valence-corrected chi connectivity index (χ1v) is 7.73. The van der Waals surface area contributed by atoms with Crippen molar-refractivity contribution in [2.45, 2.75) is 76.6 Å². The molecule has 1 aliphatic heterocycles. The van der Waals surface area contributed by atoms with Crippen LogP contribution in [0.3, 0.4) is 0 Å². The minimum Gasteiger partial charge on any atom is -0.391 e. The highest BCUT2D eigenvalue weighted by atomic mass is 16.3. The smallest absolute Gasteiger partial charge is 0.0695 e. The lowest BCUT2D eigenvalue weighted by molar-refractivity contribution is -0.0230. The first-order valence-electron chi connectivity index (χ1n) is 7.73. The molecule has 1 aliphatic carbocycles. The van der Waals surface area contributed by atoms with Gasteiger partial charge in [-0.25, -0.2) is 0 Å². The lowest BCUT2D eigenvalue weighted by atomic mass is 9.91. The van der Waals surface area contributed by atoms with Crippen molar-refractivity contribution in [1.82, 2.24) is 9.80 Å². The largest absolute Gasteiger partial charge is 0.391 e. The maximum Gasteiger partial charge on any atom is 0.0695 e. The zero-order valence-corrected chi connectivity index (χ0v) is 12.3. The van der Waals surface area contributed by atoms with Gasteiger partial charge in [-0.1, -0.05) is 25.7 Å². The van der Waals surface area contributed by atoms with Crippen molar-refractivity contribution in [3.05, 3.63) is 0 Å². The highest BCUT2D eigenvalue weighted by Crippen LogP contribution is 2.25. The molecule has 0 aromatic heterocycles. The van der Waals surface area contributed by atoms with E-state index in [0.29, 0.717) is 18.1 Å². The van der Waals surface area contributed by atoms with Crippen LogP contribution < -0.4 is 0 Å². The number of rotatable bonds is 1. The van der Waals surface area contributed by atoms with Crippen molar-refractivity contribution in [2.24, 2.45) is 0 Å². The number of nitrogens with zero attached hydrogens (tertiary/aromatic N) is 2. The lowest BCUT2D eigenvalue weighted by Gasteiger charge is -2.47. The van der Waals surface area contributed by atoms with Crippen LogP contribution in [-0.2, 0) is 0 Å². The molecule has 0 aromatic carbocycles. The molecule has 4 unspecified atom stereocenters. The Hall–Kier alpha value is -0.120. The van der Waals surface area contributed by atoms with Crippen LogP contribution in [0.4, 0.5) is 0 Å². The number of likely N-dealkylation sites (N-methyl/N-ethyl adjacent to an activating group) is 1. The molecule has 4 atom stereocenters. The van der Waals surface area contributed by atoms with Crippen molar-refractivity contribution >= 4 is 0 Å². The Balaban J connectivity index is 1.99. The molecule has 3 nitrogen and oxygen atoms in total. The summed E-state index contributed by atoms with van der Waals surface area (Å²) >= 11 is 0. The Morgan fingerprint density at radius 3 is 2.06 bits per heavy atom. The van der Waals surface area contributed by atoms with E-state index in [9.17, 15) is 5.11 Å². The van der Waals surface area contributed by atoms with Crippen molar-refractivity contribution in [3.8, 4) is 0 Å². The molecule has 2 rings (SSSR count). The third-order valence-corrected chi connectivity index (χ3v) is 5.05. The predicted octanol–water partition coefficient (Wildman–Crippen LogP) is 2.09. The van der Waals surface area contributed by atoms with Gasteiger partial charge in [-0.2, -0.15) is 0 Å². The van der Waals surface area contributed by atoms with Crippen molar-refractivity contribution in [2.75, 3.05) is 20.1 Å². The Kier molecular flexibility index (Phi) is 5.05. The van der Waals surface area contributed by atoms with Crippen LogP contribution in [0, 0.1) is 0 Å². The Bertz CT molecular complexity index is 247. The standard InChI is InChI=1S/C15H30N2O/c1-12-10-17(11-13(2)16(12)3)14-8-6-4-5-7-9-15(14)18/h12-15,18H,4-11H2,1-3H3. The third-order valence-electron chi connectivity index (χ3n) is 5.05. The van der Waals surface area contributed by atoms with Crippen LogP contribution in [0.2, 0.25) is 0 Å². The SMILES string of the molecule is CC1CN(C2CCCCCCC2O)CC(C)N1C. The molecule has 106 valence electrons. The van der Waals surface area contributed by atoms with Gasteiger partial charge >= 0.3 is 0 Å². The summed E-state index contributed by atoms with van der Waals surface area (Å²) in [5.41, 5.74) is 0. The molecular weight excluding hydrogens is 224 g/mol. The van der Waals surface area contributed by atoms with E-state index in [1.807, 2.05) is 0 Å². The monoisotopic (exact) mass is 254 g/mol.